The molecule has 5 saturated heterocycles. The molecule has 9 rings (SSSR count). The van der Waals surface area contributed by atoms with Crippen molar-refractivity contribution in [2.75, 3.05) is 47.0 Å². The minimum Gasteiger partial charge on any atom is -0.507 e. The fraction of sp³-hybridized carbons (Fsp3) is 0.611. The van der Waals surface area contributed by atoms with Crippen LogP contribution in [0, 0.1) is 5.92 Å². The highest BCUT2D eigenvalue weighted by atomic mass is 16.7. The van der Waals surface area contributed by atoms with Gasteiger partial charge in [0.15, 0.2) is 24.6 Å². The minimum absolute atomic E-state index is 0.00466. The molecule has 0 amide bonds. The van der Waals surface area contributed by atoms with E-state index in [0.717, 1.165) is 13.1 Å². The third-order valence-electron chi connectivity index (χ3n) is 11.7. The smallest absolute Gasteiger partial charge is 0.202 e. The molecule has 2 unspecified atom stereocenters. The van der Waals surface area contributed by atoms with Gasteiger partial charge >= 0.3 is 0 Å². The van der Waals surface area contributed by atoms with E-state index in [1.54, 1.807) is 19.2 Å². The Morgan fingerprint density at radius 3 is 2.61 bits per heavy atom. The zero-order valence-corrected chi connectivity index (χ0v) is 28.6. The fourth-order valence-electron chi connectivity index (χ4n) is 9.03. The number of phenols is 2. The van der Waals surface area contributed by atoms with Gasteiger partial charge in [0.05, 0.1) is 42.6 Å². The van der Waals surface area contributed by atoms with Crippen LogP contribution in [-0.4, -0.2) is 134 Å². The summed E-state index contributed by atoms with van der Waals surface area (Å²) in [4.78, 5) is 30.3. The standard InChI is InChI=1S/C36H43N3O12/c1-15-31-19(39-7-8-47-35(46-3)34(39)50-31)9-22(48-15)49-21-11-36(44,32-33(51-32)38-14-16-12-37-13-16)10-18-24(21)30(43)26-25(28(18)41)27(40)17-5-4-6-20(45-2)23(17)29(26)42/h4-6,15-16,19,21-22,31-35,37-38,41,43-44H,7-14H2,1-3H3/t15-,19-,21-,22-,31+,32?,33?,34+,35-,36-/m0/s1. The van der Waals surface area contributed by atoms with Crippen molar-refractivity contribution in [3.05, 3.63) is 51.6 Å². The van der Waals surface area contributed by atoms with Crippen molar-refractivity contribution >= 4 is 11.6 Å². The van der Waals surface area contributed by atoms with Gasteiger partial charge in [0, 0.05) is 75.3 Å². The predicted molar refractivity (Wildman–Crippen MR) is 175 cm³/mol. The van der Waals surface area contributed by atoms with Gasteiger partial charge < -0.3 is 53.8 Å². The molecule has 5 aliphatic heterocycles. The summed E-state index contributed by atoms with van der Waals surface area (Å²) in [5.41, 5.74) is -1.89. The molecule has 15 heteroatoms. The fourth-order valence-corrected chi connectivity index (χ4v) is 9.03. The summed E-state index contributed by atoms with van der Waals surface area (Å²) >= 11 is 0. The zero-order valence-electron chi connectivity index (χ0n) is 28.6. The molecule has 0 aromatic heterocycles. The van der Waals surface area contributed by atoms with Gasteiger partial charge in [-0.25, -0.2) is 0 Å². The quantitative estimate of drug-likeness (QED) is 0.162. The Hall–Kier alpha value is -3.22. The molecule has 51 heavy (non-hydrogen) atoms. The molecule has 2 aromatic carbocycles. The highest BCUT2D eigenvalue weighted by Crippen LogP contribution is 2.55. The molecule has 0 bridgehead atoms. The average Bonchev–Trinajstić information content (AvgIpc) is 3.80. The maximum absolute atomic E-state index is 14.1. The molecule has 0 spiro atoms. The maximum atomic E-state index is 14.1. The van der Waals surface area contributed by atoms with E-state index in [0.29, 0.717) is 32.0 Å². The highest BCUT2D eigenvalue weighted by molar-refractivity contribution is 6.31. The topological polar surface area (TPSA) is 190 Å². The van der Waals surface area contributed by atoms with Crippen molar-refractivity contribution in [1.82, 2.24) is 15.5 Å². The summed E-state index contributed by atoms with van der Waals surface area (Å²) in [7, 11) is 2.97. The number of phenolic OH excluding ortho intramolecular Hbond substituents is 2. The number of epoxide rings is 1. The second-order valence-corrected chi connectivity index (χ2v) is 14.7. The monoisotopic (exact) mass is 709 g/mol. The molecule has 10 atom stereocenters. The first kappa shape index (κ1) is 33.6. The number of hydrogen-bond donors (Lipinski definition) is 5. The summed E-state index contributed by atoms with van der Waals surface area (Å²) in [5, 5.41) is 42.9. The second-order valence-electron chi connectivity index (χ2n) is 14.7. The van der Waals surface area contributed by atoms with Gasteiger partial charge in [-0.1, -0.05) is 12.1 Å². The molecule has 5 fully saturated rings. The van der Waals surface area contributed by atoms with Crippen LogP contribution in [0.4, 0.5) is 0 Å². The number of morpholine rings is 1. The number of methoxy groups -OCH3 is 2. The summed E-state index contributed by atoms with van der Waals surface area (Å²) in [5.74, 6) is -1.62. The van der Waals surface area contributed by atoms with Gasteiger partial charge in [0.25, 0.3) is 0 Å². The van der Waals surface area contributed by atoms with E-state index in [1.165, 1.54) is 13.2 Å². The molecule has 0 saturated carbocycles. The Labute approximate surface area is 294 Å². The predicted octanol–water partition coefficient (Wildman–Crippen LogP) is 0.684. The minimum atomic E-state index is -1.56. The molecule has 274 valence electrons. The highest BCUT2D eigenvalue weighted by Gasteiger charge is 2.59. The van der Waals surface area contributed by atoms with Crippen molar-refractivity contribution in [3.8, 4) is 17.2 Å². The van der Waals surface area contributed by atoms with Crippen LogP contribution in [0.25, 0.3) is 0 Å². The van der Waals surface area contributed by atoms with Crippen LogP contribution in [0.5, 0.6) is 17.2 Å². The number of benzene rings is 2. The Balaban J connectivity index is 1.08. The Morgan fingerprint density at radius 2 is 1.86 bits per heavy atom. The van der Waals surface area contributed by atoms with Crippen LogP contribution in [0.15, 0.2) is 18.2 Å². The largest absolute Gasteiger partial charge is 0.507 e. The molecule has 5 heterocycles. The molecular weight excluding hydrogens is 666 g/mol. The molecule has 7 aliphatic rings. The molecule has 2 aliphatic carbocycles. The van der Waals surface area contributed by atoms with Crippen LogP contribution in [-0.2, 0) is 34.8 Å². The summed E-state index contributed by atoms with van der Waals surface area (Å²) in [6.45, 7) is 5.52. The number of nitrogens with one attached hydrogen (secondary N) is 2. The van der Waals surface area contributed by atoms with E-state index in [2.05, 4.69) is 15.5 Å². The molecule has 0 radical (unpaired) electrons. The molecule has 2 aromatic rings. The van der Waals surface area contributed by atoms with Crippen LogP contribution >= 0.6 is 0 Å². The number of hydrogen-bond acceptors (Lipinski definition) is 15. The number of carbonyl (C=O) groups excluding carboxylic acids is 2. The maximum Gasteiger partial charge on any atom is 0.202 e. The van der Waals surface area contributed by atoms with Gasteiger partial charge in [-0.15, -0.1) is 0 Å². The number of aliphatic hydroxyl groups is 1. The number of carbonyl (C=O) groups is 2. The first-order chi connectivity index (χ1) is 24.6. The molecule has 5 N–H and O–H groups in total. The summed E-state index contributed by atoms with van der Waals surface area (Å²) in [6.07, 6.45) is -4.36. The lowest BCUT2D eigenvalue weighted by Gasteiger charge is -2.43. The van der Waals surface area contributed by atoms with Gasteiger partial charge in [0.2, 0.25) is 5.78 Å². The Kier molecular flexibility index (Phi) is 8.20. The number of aromatic hydroxyl groups is 2. The zero-order chi connectivity index (χ0) is 35.3. The van der Waals surface area contributed by atoms with E-state index in [9.17, 15) is 24.9 Å². The van der Waals surface area contributed by atoms with Crippen LogP contribution in [0.1, 0.15) is 68.8 Å². The number of nitrogens with zero attached hydrogens (tertiary/aromatic N) is 1. The SMILES string of the molecule is COc1cccc2c1C(=O)c1c(O)c3c(c(O)c1C2=O)C[C@@](O)(C1OC1NCC1CNC1)C[C@@H]3O[C@H]1C[C@H]2[C@H](O[C@@H]3[C@@H](OC)OCCN32)[C@H](C)O1. The lowest BCUT2D eigenvalue weighted by Crippen LogP contribution is -2.55. The van der Waals surface area contributed by atoms with E-state index < -0.39 is 72.0 Å². The number of fused-ring (bicyclic) bond motifs is 6. The van der Waals surface area contributed by atoms with Crippen LogP contribution in [0.3, 0.4) is 0 Å². The van der Waals surface area contributed by atoms with Gasteiger partial charge in [-0.2, -0.15) is 0 Å². The number of ketones is 2. The van der Waals surface area contributed by atoms with E-state index >= 15 is 0 Å². The third-order valence-corrected chi connectivity index (χ3v) is 11.7. The summed E-state index contributed by atoms with van der Waals surface area (Å²) in [6, 6.07) is 4.54. The van der Waals surface area contributed by atoms with E-state index in [4.69, 9.17) is 33.2 Å². The third kappa shape index (κ3) is 5.24. The Morgan fingerprint density at radius 1 is 1.06 bits per heavy atom. The van der Waals surface area contributed by atoms with Crippen molar-refractivity contribution in [2.45, 2.75) is 87.3 Å². The lowest BCUT2D eigenvalue weighted by molar-refractivity contribution is -0.256. The second kappa shape index (κ2) is 12.4. The van der Waals surface area contributed by atoms with Crippen molar-refractivity contribution < 1.29 is 58.1 Å². The normalized spacial score (nSPS) is 37.1. The van der Waals surface area contributed by atoms with E-state index in [1.807, 2.05) is 6.92 Å². The first-order valence-electron chi connectivity index (χ1n) is 17.7. The van der Waals surface area contributed by atoms with Crippen molar-refractivity contribution in [1.29, 1.82) is 0 Å². The van der Waals surface area contributed by atoms with Crippen molar-refractivity contribution in [2.24, 2.45) is 5.92 Å². The molecule has 15 nitrogen and oxygen atoms in total. The van der Waals surface area contributed by atoms with Gasteiger partial charge in [0.1, 0.15) is 41.3 Å². The van der Waals surface area contributed by atoms with E-state index in [-0.39, 0.29) is 64.1 Å². The molecular formula is C36H43N3O12. The van der Waals surface area contributed by atoms with Crippen LogP contribution in [0.2, 0.25) is 0 Å². The summed E-state index contributed by atoms with van der Waals surface area (Å²) < 4.78 is 42.1. The number of rotatable bonds is 8. The van der Waals surface area contributed by atoms with Crippen LogP contribution < -0.4 is 15.4 Å². The average molecular weight is 710 g/mol. The van der Waals surface area contributed by atoms with Gasteiger partial charge in [-0.05, 0) is 18.9 Å². The number of ether oxygens (including phenoxy) is 7. The Bertz CT molecular complexity index is 1770. The lowest BCUT2D eigenvalue weighted by atomic mass is 9.72. The first-order valence-corrected chi connectivity index (χ1v) is 17.7. The van der Waals surface area contributed by atoms with Crippen molar-refractivity contribution in [3.63, 3.8) is 0 Å². The van der Waals surface area contributed by atoms with Gasteiger partial charge in [-0.3, -0.25) is 19.8 Å².